The minimum atomic E-state index is -1.54. The van der Waals surface area contributed by atoms with Crippen molar-refractivity contribution in [2.75, 3.05) is 0 Å². The summed E-state index contributed by atoms with van der Waals surface area (Å²) in [5.41, 5.74) is 0.860. The van der Waals surface area contributed by atoms with E-state index in [-0.39, 0.29) is 16.5 Å². The summed E-state index contributed by atoms with van der Waals surface area (Å²) in [4.78, 5) is 28.7. The van der Waals surface area contributed by atoms with Crippen LogP contribution in [-0.4, -0.2) is 28.0 Å². The molecule has 0 aliphatic heterocycles. The predicted molar refractivity (Wildman–Crippen MR) is 126 cm³/mol. The molecule has 0 fully saturated rings. The Labute approximate surface area is 207 Å². The van der Waals surface area contributed by atoms with Crippen LogP contribution in [0.1, 0.15) is 15.9 Å². The molecular formula is C25H15Cl2F3N2O3. The number of pyridine rings is 1. The second kappa shape index (κ2) is 9.93. The Balaban J connectivity index is 1.75. The summed E-state index contributed by atoms with van der Waals surface area (Å²) in [6.45, 7) is 0. The van der Waals surface area contributed by atoms with Crippen LogP contribution >= 0.6 is 23.2 Å². The predicted octanol–water partition coefficient (Wildman–Crippen LogP) is 6.05. The smallest absolute Gasteiger partial charge is 0.326 e. The van der Waals surface area contributed by atoms with Gasteiger partial charge in [-0.15, -0.1) is 0 Å². The maximum atomic E-state index is 14.0. The van der Waals surface area contributed by atoms with E-state index in [0.717, 1.165) is 24.3 Å². The van der Waals surface area contributed by atoms with Gasteiger partial charge >= 0.3 is 5.97 Å². The Hall–Kier alpha value is -3.62. The van der Waals surface area contributed by atoms with Gasteiger partial charge in [0.2, 0.25) is 0 Å². The average Bonchev–Trinajstić information content (AvgIpc) is 2.79. The first-order valence-electron chi connectivity index (χ1n) is 10.2. The van der Waals surface area contributed by atoms with Crippen molar-refractivity contribution in [3.8, 4) is 11.1 Å². The van der Waals surface area contributed by atoms with Gasteiger partial charge in [-0.1, -0.05) is 41.4 Å². The molecule has 3 aromatic carbocycles. The Morgan fingerprint density at radius 1 is 0.943 bits per heavy atom. The standard InChI is InChI=1S/C25H15Cl2F3N2O3/c26-16-8-9-31-23-12(4-6-15(21(16)23)14-7-5-13(28)11-17(14)27)10-20(25(34)35)32-24(33)22-18(29)2-1-3-19(22)30/h1-9,11,20H,10H2,(H,32,33)(H,34,35). The number of fused-ring (bicyclic) bond motifs is 1. The summed E-state index contributed by atoms with van der Waals surface area (Å²) < 4.78 is 41.5. The van der Waals surface area contributed by atoms with Gasteiger partial charge in [-0.25, -0.2) is 18.0 Å². The summed E-state index contributed by atoms with van der Waals surface area (Å²) in [7, 11) is 0. The molecule has 0 saturated carbocycles. The van der Waals surface area contributed by atoms with E-state index in [1.807, 2.05) is 0 Å². The minimum absolute atomic E-state index is 0.140. The quantitative estimate of drug-likeness (QED) is 0.325. The SMILES string of the molecule is O=C(NC(Cc1ccc(-c2ccc(F)cc2Cl)c2c(Cl)ccnc12)C(=O)O)c1c(F)cccc1F. The topological polar surface area (TPSA) is 79.3 Å². The molecule has 0 bridgehead atoms. The number of nitrogens with one attached hydrogen (secondary N) is 1. The zero-order valence-electron chi connectivity index (χ0n) is 17.7. The lowest BCUT2D eigenvalue weighted by Crippen LogP contribution is -2.43. The Bertz CT molecular complexity index is 1460. The first-order chi connectivity index (χ1) is 16.7. The second-order valence-corrected chi connectivity index (χ2v) is 8.39. The number of carbonyl (C=O) groups excluding carboxylic acids is 1. The number of amides is 1. The third-order valence-electron chi connectivity index (χ3n) is 5.36. The summed E-state index contributed by atoms with van der Waals surface area (Å²) in [6, 6.07) is 9.96. The van der Waals surface area contributed by atoms with Gasteiger partial charge in [-0.3, -0.25) is 9.78 Å². The lowest BCUT2D eigenvalue weighted by Gasteiger charge is -2.18. The van der Waals surface area contributed by atoms with E-state index in [1.165, 1.54) is 24.4 Å². The van der Waals surface area contributed by atoms with Gasteiger partial charge in [-0.05, 0) is 47.5 Å². The van der Waals surface area contributed by atoms with E-state index in [9.17, 15) is 27.9 Å². The first kappa shape index (κ1) is 24.5. The number of hydrogen-bond acceptors (Lipinski definition) is 3. The van der Waals surface area contributed by atoms with Gasteiger partial charge in [0.25, 0.3) is 5.91 Å². The van der Waals surface area contributed by atoms with Gasteiger partial charge in [0.1, 0.15) is 29.1 Å². The van der Waals surface area contributed by atoms with Crippen LogP contribution in [0.5, 0.6) is 0 Å². The molecule has 2 N–H and O–H groups in total. The van der Waals surface area contributed by atoms with Crippen LogP contribution in [0.3, 0.4) is 0 Å². The number of halogens is 5. The third-order valence-corrected chi connectivity index (χ3v) is 5.99. The van der Waals surface area contributed by atoms with Crippen molar-refractivity contribution in [3.63, 3.8) is 0 Å². The van der Waals surface area contributed by atoms with Crippen LogP contribution in [0.2, 0.25) is 10.0 Å². The van der Waals surface area contributed by atoms with E-state index >= 15 is 0 Å². The highest BCUT2D eigenvalue weighted by Crippen LogP contribution is 2.38. The van der Waals surface area contributed by atoms with Crippen LogP contribution < -0.4 is 5.32 Å². The maximum absolute atomic E-state index is 14.0. The molecule has 1 atom stereocenters. The lowest BCUT2D eigenvalue weighted by molar-refractivity contribution is -0.139. The summed E-state index contributed by atoms with van der Waals surface area (Å²) >= 11 is 12.7. The normalized spacial score (nSPS) is 11.9. The highest BCUT2D eigenvalue weighted by Gasteiger charge is 2.26. The lowest BCUT2D eigenvalue weighted by atomic mass is 9.95. The van der Waals surface area contributed by atoms with Crippen LogP contribution in [0, 0.1) is 17.5 Å². The van der Waals surface area contributed by atoms with Crippen molar-refractivity contribution >= 4 is 46.0 Å². The molecule has 5 nitrogen and oxygen atoms in total. The van der Waals surface area contributed by atoms with Crippen molar-refractivity contribution in [2.45, 2.75) is 12.5 Å². The molecule has 4 aromatic rings. The zero-order valence-corrected chi connectivity index (χ0v) is 19.2. The van der Waals surface area contributed by atoms with Crippen molar-refractivity contribution in [2.24, 2.45) is 0 Å². The van der Waals surface area contributed by atoms with Gasteiger partial charge in [0.05, 0.1) is 15.6 Å². The number of benzene rings is 3. The number of aliphatic carboxylic acids is 1. The zero-order chi connectivity index (χ0) is 25.3. The molecule has 178 valence electrons. The van der Waals surface area contributed by atoms with Crippen LogP contribution in [-0.2, 0) is 11.2 Å². The average molecular weight is 519 g/mol. The van der Waals surface area contributed by atoms with E-state index in [2.05, 4.69) is 10.3 Å². The van der Waals surface area contributed by atoms with E-state index in [4.69, 9.17) is 23.2 Å². The molecule has 0 radical (unpaired) electrons. The van der Waals surface area contributed by atoms with Crippen LogP contribution in [0.4, 0.5) is 13.2 Å². The molecule has 35 heavy (non-hydrogen) atoms. The molecular weight excluding hydrogens is 504 g/mol. The summed E-state index contributed by atoms with van der Waals surface area (Å²) in [6.07, 6.45) is 1.16. The molecule has 0 aliphatic carbocycles. The first-order valence-corrected chi connectivity index (χ1v) is 10.9. The summed E-state index contributed by atoms with van der Waals surface area (Å²) in [5.74, 6) is -5.39. The van der Waals surface area contributed by atoms with Crippen molar-refractivity contribution in [1.82, 2.24) is 10.3 Å². The van der Waals surface area contributed by atoms with Gasteiger partial charge in [0.15, 0.2) is 0 Å². The molecule has 1 amide bonds. The maximum Gasteiger partial charge on any atom is 0.326 e. The Morgan fingerprint density at radius 3 is 2.29 bits per heavy atom. The Morgan fingerprint density at radius 2 is 1.63 bits per heavy atom. The molecule has 0 saturated heterocycles. The second-order valence-electron chi connectivity index (χ2n) is 7.58. The van der Waals surface area contributed by atoms with Crippen LogP contribution in [0.25, 0.3) is 22.0 Å². The molecule has 4 rings (SSSR count). The van der Waals surface area contributed by atoms with Crippen molar-refractivity contribution in [3.05, 3.63) is 99.4 Å². The molecule has 10 heteroatoms. The summed E-state index contributed by atoms with van der Waals surface area (Å²) in [5, 5.41) is 12.7. The van der Waals surface area contributed by atoms with Crippen molar-refractivity contribution in [1.29, 1.82) is 0 Å². The number of carboxylic acid groups (broad SMARTS) is 1. The minimum Gasteiger partial charge on any atom is -0.480 e. The molecule has 0 spiro atoms. The van der Waals surface area contributed by atoms with E-state index < -0.39 is 40.9 Å². The number of hydrogen-bond donors (Lipinski definition) is 2. The number of rotatable bonds is 6. The molecule has 1 unspecified atom stereocenters. The largest absolute Gasteiger partial charge is 0.480 e. The van der Waals surface area contributed by atoms with Gasteiger partial charge in [0, 0.05) is 23.6 Å². The van der Waals surface area contributed by atoms with E-state index in [0.29, 0.717) is 27.6 Å². The fourth-order valence-electron chi connectivity index (χ4n) is 3.75. The highest BCUT2D eigenvalue weighted by molar-refractivity contribution is 6.37. The molecule has 1 aromatic heterocycles. The van der Waals surface area contributed by atoms with Crippen LogP contribution in [0.15, 0.2) is 60.8 Å². The number of carboxylic acids is 1. The number of carbonyl (C=O) groups is 2. The fraction of sp³-hybridized carbons (Fsp3) is 0.0800. The molecule has 1 heterocycles. The Kier molecular flexibility index (Phi) is 6.95. The van der Waals surface area contributed by atoms with Gasteiger partial charge < -0.3 is 10.4 Å². The van der Waals surface area contributed by atoms with E-state index in [1.54, 1.807) is 12.1 Å². The number of nitrogens with zero attached hydrogens (tertiary/aromatic N) is 1. The fourth-order valence-corrected chi connectivity index (χ4v) is 4.26. The number of aromatic nitrogens is 1. The molecule has 0 aliphatic rings. The monoisotopic (exact) mass is 518 g/mol. The highest BCUT2D eigenvalue weighted by atomic mass is 35.5. The van der Waals surface area contributed by atoms with Crippen molar-refractivity contribution < 1.29 is 27.9 Å². The third kappa shape index (κ3) is 4.94. The van der Waals surface area contributed by atoms with Gasteiger partial charge in [-0.2, -0.15) is 0 Å².